The van der Waals surface area contributed by atoms with Crippen molar-refractivity contribution in [2.24, 2.45) is 0 Å². The zero-order chi connectivity index (χ0) is 18.5. The summed E-state index contributed by atoms with van der Waals surface area (Å²) in [6, 6.07) is 9.82. The molecule has 138 valence electrons. The van der Waals surface area contributed by atoms with Crippen LogP contribution in [0.1, 0.15) is 16.0 Å². The standard InChI is InChI=1S/C20H24N2O3S/c1-15-5-6-18(25-2)16(12-15)13-19(23)21-7-9-22(10-8-21)20(24)14-17-4-3-11-26-17/h3-6,11-12H,7-10,13-14H2,1-2H3. The van der Waals surface area contributed by atoms with Gasteiger partial charge in [-0.3, -0.25) is 9.59 Å². The maximum absolute atomic E-state index is 12.6. The van der Waals surface area contributed by atoms with Crippen LogP contribution in [0.15, 0.2) is 35.7 Å². The fourth-order valence-electron chi connectivity index (χ4n) is 3.20. The van der Waals surface area contributed by atoms with Crippen LogP contribution in [0.5, 0.6) is 5.75 Å². The van der Waals surface area contributed by atoms with Crippen molar-refractivity contribution in [2.45, 2.75) is 19.8 Å². The highest BCUT2D eigenvalue weighted by Gasteiger charge is 2.24. The zero-order valence-corrected chi connectivity index (χ0v) is 16.1. The van der Waals surface area contributed by atoms with Crippen molar-refractivity contribution < 1.29 is 14.3 Å². The van der Waals surface area contributed by atoms with Crippen LogP contribution in [0.4, 0.5) is 0 Å². The molecule has 6 heteroatoms. The average Bonchev–Trinajstić information content (AvgIpc) is 3.15. The van der Waals surface area contributed by atoms with Crippen molar-refractivity contribution in [2.75, 3.05) is 33.3 Å². The number of nitrogens with zero attached hydrogens (tertiary/aromatic N) is 2. The van der Waals surface area contributed by atoms with E-state index in [2.05, 4.69) is 0 Å². The molecule has 0 atom stereocenters. The molecule has 1 aliphatic heterocycles. The molecule has 1 saturated heterocycles. The summed E-state index contributed by atoms with van der Waals surface area (Å²) in [7, 11) is 1.62. The van der Waals surface area contributed by atoms with Crippen LogP contribution in [0.2, 0.25) is 0 Å². The van der Waals surface area contributed by atoms with Crippen LogP contribution in [0.3, 0.4) is 0 Å². The molecule has 2 heterocycles. The Bertz CT molecular complexity index is 765. The molecule has 0 saturated carbocycles. The minimum Gasteiger partial charge on any atom is -0.496 e. The van der Waals surface area contributed by atoms with E-state index in [4.69, 9.17) is 4.74 Å². The van der Waals surface area contributed by atoms with Crippen LogP contribution in [-0.2, 0) is 22.4 Å². The van der Waals surface area contributed by atoms with E-state index in [1.807, 2.05) is 52.4 Å². The Morgan fingerprint density at radius 3 is 2.27 bits per heavy atom. The lowest BCUT2D eigenvalue weighted by Crippen LogP contribution is -2.51. The molecule has 0 radical (unpaired) electrons. The highest BCUT2D eigenvalue weighted by Crippen LogP contribution is 2.21. The van der Waals surface area contributed by atoms with E-state index < -0.39 is 0 Å². The molecule has 1 fully saturated rings. The van der Waals surface area contributed by atoms with Gasteiger partial charge in [0.25, 0.3) is 0 Å². The summed E-state index contributed by atoms with van der Waals surface area (Å²) in [6.07, 6.45) is 0.778. The number of ether oxygens (including phenoxy) is 1. The summed E-state index contributed by atoms with van der Waals surface area (Å²) in [6.45, 7) is 4.37. The van der Waals surface area contributed by atoms with Gasteiger partial charge in [-0.15, -0.1) is 11.3 Å². The topological polar surface area (TPSA) is 49.9 Å². The SMILES string of the molecule is COc1ccc(C)cc1CC(=O)N1CCN(C(=O)Cc2cccs2)CC1. The molecule has 5 nitrogen and oxygen atoms in total. The molecule has 2 aromatic rings. The predicted octanol–water partition coefficient (Wildman–Crippen LogP) is 2.52. The molecule has 1 aliphatic rings. The summed E-state index contributed by atoms with van der Waals surface area (Å²) in [5, 5.41) is 1.98. The second kappa shape index (κ2) is 8.36. The number of benzene rings is 1. The van der Waals surface area contributed by atoms with Crippen LogP contribution in [0, 0.1) is 6.92 Å². The lowest BCUT2D eigenvalue weighted by atomic mass is 10.1. The number of carbonyl (C=O) groups is 2. The minimum absolute atomic E-state index is 0.0826. The summed E-state index contributed by atoms with van der Waals surface area (Å²) < 4.78 is 5.36. The molecule has 0 unspecified atom stereocenters. The van der Waals surface area contributed by atoms with Crippen molar-refractivity contribution in [3.8, 4) is 5.75 Å². The summed E-state index contributed by atoms with van der Waals surface area (Å²) in [5.74, 6) is 0.966. The first-order valence-electron chi connectivity index (χ1n) is 8.78. The number of aryl methyl sites for hydroxylation is 1. The molecule has 0 N–H and O–H groups in total. The molecule has 0 spiro atoms. The van der Waals surface area contributed by atoms with E-state index in [0.29, 0.717) is 39.0 Å². The predicted molar refractivity (Wildman–Crippen MR) is 103 cm³/mol. The van der Waals surface area contributed by atoms with Gasteiger partial charge in [0.05, 0.1) is 20.0 Å². The number of hydrogen-bond donors (Lipinski definition) is 0. The van der Waals surface area contributed by atoms with Crippen LogP contribution in [0.25, 0.3) is 0 Å². The van der Waals surface area contributed by atoms with E-state index in [0.717, 1.165) is 21.8 Å². The Balaban J connectivity index is 1.54. The van der Waals surface area contributed by atoms with Crippen molar-refractivity contribution >= 4 is 23.2 Å². The molecule has 1 aromatic carbocycles. The summed E-state index contributed by atoms with van der Waals surface area (Å²) >= 11 is 1.60. The fourth-order valence-corrected chi connectivity index (χ4v) is 3.90. The zero-order valence-electron chi connectivity index (χ0n) is 15.2. The van der Waals surface area contributed by atoms with Gasteiger partial charge in [-0.1, -0.05) is 23.8 Å². The summed E-state index contributed by atoms with van der Waals surface area (Å²) in [5.41, 5.74) is 2.02. The molecular weight excluding hydrogens is 348 g/mol. The fraction of sp³-hybridized carbons (Fsp3) is 0.400. The molecule has 2 amide bonds. The first-order valence-corrected chi connectivity index (χ1v) is 9.66. The Hall–Kier alpha value is -2.34. The largest absolute Gasteiger partial charge is 0.496 e. The number of amides is 2. The molecule has 26 heavy (non-hydrogen) atoms. The van der Waals surface area contributed by atoms with Crippen LogP contribution in [-0.4, -0.2) is 54.9 Å². The quantitative estimate of drug-likeness (QED) is 0.810. The molecule has 3 rings (SSSR count). The normalized spacial score (nSPS) is 14.4. The number of methoxy groups -OCH3 is 1. The maximum Gasteiger partial charge on any atom is 0.227 e. The van der Waals surface area contributed by atoms with Crippen molar-refractivity contribution in [1.82, 2.24) is 9.80 Å². The van der Waals surface area contributed by atoms with Gasteiger partial charge in [0, 0.05) is 36.6 Å². The smallest absolute Gasteiger partial charge is 0.227 e. The molecule has 0 aliphatic carbocycles. The molecule has 1 aromatic heterocycles. The van der Waals surface area contributed by atoms with Gasteiger partial charge in [0.1, 0.15) is 5.75 Å². The summed E-state index contributed by atoms with van der Waals surface area (Å²) in [4.78, 5) is 29.8. The van der Waals surface area contributed by atoms with E-state index >= 15 is 0 Å². The Morgan fingerprint density at radius 1 is 1.04 bits per heavy atom. The molecule has 0 bridgehead atoms. The third kappa shape index (κ3) is 4.43. The van der Waals surface area contributed by atoms with Crippen molar-refractivity contribution in [3.63, 3.8) is 0 Å². The van der Waals surface area contributed by atoms with Crippen LogP contribution < -0.4 is 4.74 Å². The first-order chi connectivity index (χ1) is 12.6. The van der Waals surface area contributed by atoms with Gasteiger partial charge >= 0.3 is 0 Å². The lowest BCUT2D eigenvalue weighted by Gasteiger charge is -2.35. The van der Waals surface area contributed by atoms with Crippen LogP contribution >= 0.6 is 11.3 Å². The monoisotopic (exact) mass is 372 g/mol. The van der Waals surface area contributed by atoms with Crippen molar-refractivity contribution in [1.29, 1.82) is 0 Å². The van der Waals surface area contributed by atoms with E-state index in [9.17, 15) is 9.59 Å². The number of thiophene rings is 1. The highest BCUT2D eigenvalue weighted by molar-refractivity contribution is 7.10. The molecular formula is C20H24N2O3S. The van der Waals surface area contributed by atoms with Crippen molar-refractivity contribution in [3.05, 3.63) is 51.7 Å². The first kappa shape index (κ1) is 18.5. The third-order valence-electron chi connectivity index (χ3n) is 4.67. The Labute approximate surface area is 158 Å². The minimum atomic E-state index is 0.0826. The van der Waals surface area contributed by atoms with Gasteiger partial charge in [-0.2, -0.15) is 0 Å². The lowest BCUT2D eigenvalue weighted by molar-refractivity contribution is -0.138. The van der Waals surface area contributed by atoms with E-state index in [-0.39, 0.29) is 11.8 Å². The highest BCUT2D eigenvalue weighted by atomic mass is 32.1. The third-order valence-corrected chi connectivity index (χ3v) is 5.54. The number of piperazine rings is 1. The van der Waals surface area contributed by atoms with Gasteiger partial charge in [0.15, 0.2) is 0 Å². The number of rotatable bonds is 5. The second-order valence-corrected chi connectivity index (χ2v) is 7.54. The van der Waals surface area contributed by atoms with Gasteiger partial charge in [0.2, 0.25) is 11.8 Å². The average molecular weight is 372 g/mol. The van der Waals surface area contributed by atoms with Gasteiger partial charge in [-0.25, -0.2) is 0 Å². The van der Waals surface area contributed by atoms with Gasteiger partial charge < -0.3 is 14.5 Å². The number of carbonyl (C=O) groups excluding carboxylic acids is 2. The Kier molecular flexibility index (Phi) is 5.93. The van der Waals surface area contributed by atoms with E-state index in [1.54, 1.807) is 18.4 Å². The Morgan fingerprint density at radius 2 is 1.69 bits per heavy atom. The second-order valence-electron chi connectivity index (χ2n) is 6.51. The van der Waals surface area contributed by atoms with Gasteiger partial charge in [-0.05, 0) is 24.4 Å². The number of hydrogen-bond acceptors (Lipinski definition) is 4. The maximum atomic E-state index is 12.6. The van der Waals surface area contributed by atoms with E-state index in [1.165, 1.54) is 0 Å².